The van der Waals surface area contributed by atoms with Gasteiger partial charge in [-0.3, -0.25) is 0 Å². The van der Waals surface area contributed by atoms with E-state index in [1.165, 1.54) is 64.0 Å². The van der Waals surface area contributed by atoms with Crippen molar-refractivity contribution in [3.05, 3.63) is 122 Å². The molecule has 168 valence electrons. The summed E-state index contributed by atoms with van der Waals surface area (Å²) < 4.78 is 8.52. The van der Waals surface area contributed by atoms with Crippen LogP contribution in [0.5, 0.6) is 0 Å². The van der Waals surface area contributed by atoms with Crippen LogP contribution in [0.15, 0.2) is 126 Å². The number of benzene rings is 6. The lowest BCUT2D eigenvalue weighted by Crippen LogP contribution is -1.90. The lowest BCUT2D eigenvalue weighted by molar-refractivity contribution is 0.619. The molecule has 1 nitrogen and oxygen atoms in total. The van der Waals surface area contributed by atoms with Crippen molar-refractivity contribution in [2.75, 3.05) is 0 Å². The maximum Gasteiger partial charge on any atom is 0.143 e. The van der Waals surface area contributed by atoms with E-state index >= 15 is 0 Å². The fraction of sp³-hybridized carbons (Fsp3) is 0. The molecule has 0 saturated heterocycles. The third-order valence-electron chi connectivity index (χ3n) is 7.34. The number of fused-ring (bicyclic) bond motifs is 7. The number of rotatable bonds is 2. The molecule has 0 N–H and O–H groups in total. The Morgan fingerprint density at radius 2 is 1.14 bits per heavy atom. The van der Waals surface area contributed by atoms with Gasteiger partial charge >= 0.3 is 0 Å². The Morgan fingerprint density at radius 3 is 1.86 bits per heavy atom. The summed E-state index contributed by atoms with van der Waals surface area (Å²) in [5.74, 6) is 0. The maximum absolute atomic E-state index is 5.96. The van der Waals surface area contributed by atoms with E-state index in [2.05, 4.69) is 109 Å². The predicted octanol–water partition coefficient (Wildman–Crippen LogP) is 10.4. The highest BCUT2D eigenvalue weighted by Gasteiger charge is 2.20. The van der Waals surface area contributed by atoms with Gasteiger partial charge in [0.25, 0.3) is 0 Å². The zero-order chi connectivity index (χ0) is 23.6. The summed E-state index contributed by atoms with van der Waals surface area (Å²) in [6.07, 6.45) is 1.79. The second kappa shape index (κ2) is 7.55. The molecule has 0 spiro atoms. The molecule has 0 unspecified atom stereocenters. The van der Waals surface area contributed by atoms with Crippen molar-refractivity contribution >= 4 is 64.0 Å². The zero-order valence-electron chi connectivity index (χ0n) is 19.4. The second-order valence-corrected chi connectivity index (χ2v) is 10.3. The normalized spacial score (nSPS) is 11.9. The molecule has 0 amide bonds. The van der Waals surface area contributed by atoms with Crippen LogP contribution in [0, 0.1) is 0 Å². The number of hydrogen-bond acceptors (Lipinski definition) is 2. The van der Waals surface area contributed by atoms with Crippen LogP contribution in [-0.4, -0.2) is 0 Å². The van der Waals surface area contributed by atoms with Crippen molar-refractivity contribution in [3.8, 4) is 22.3 Å². The molecule has 2 heterocycles. The van der Waals surface area contributed by atoms with E-state index in [1.807, 2.05) is 17.4 Å². The van der Waals surface area contributed by atoms with Crippen molar-refractivity contribution in [1.82, 2.24) is 0 Å². The van der Waals surface area contributed by atoms with Crippen LogP contribution in [0.4, 0.5) is 0 Å². The first kappa shape index (κ1) is 19.9. The van der Waals surface area contributed by atoms with Crippen molar-refractivity contribution in [3.63, 3.8) is 0 Å². The van der Waals surface area contributed by atoms with Gasteiger partial charge in [-0.1, -0.05) is 97.1 Å². The SMILES string of the molecule is c1ccc(-c2c3ccccc3c(-c3cccc4c3sc3ccc5ccoc5c34)c3ccccc23)cc1. The summed E-state index contributed by atoms with van der Waals surface area (Å²) >= 11 is 1.86. The molecule has 2 aromatic heterocycles. The first-order chi connectivity index (χ1) is 17.9. The topological polar surface area (TPSA) is 13.1 Å². The largest absolute Gasteiger partial charge is 0.464 e. The average molecular weight is 477 g/mol. The van der Waals surface area contributed by atoms with Gasteiger partial charge in [-0.25, -0.2) is 0 Å². The lowest BCUT2D eigenvalue weighted by atomic mass is 9.86. The highest BCUT2D eigenvalue weighted by Crippen LogP contribution is 2.48. The van der Waals surface area contributed by atoms with Gasteiger partial charge in [0.2, 0.25) is 0 Å². The molecule has 8 rings (SSSR count). The van der Waals surface area contributed by atoms with E-state index in [4.69, 9.17) is 4.42 Å². The van der Waals surface area contributed by atoms with Crippen molar-refractivity contribution in [1.29, 1.82) is 0 Å². The number of hydrogen-bond donors (Lipinski definition) is 0. The Labute approximate surface area is 211 Å². The molecule has 0 fully saturated rings. The van der Waals surface area contributed by atoms with Gasteiger partial charge in [-0.15, -0.1) is 11.3 Å². The summed E-state index contributed by atoms with van der Waals surface area (Å²) in [7, 11) is 0. The van der Waals surface area contributed by atoms with E-state index in [9.17, 15) is 0 Å². The van der Waals surface area contributed by atoms with Crippen molar-refractivity contribution < 1.29 is 4.42 Å². The summed E-state index contributed by atoms with van der Waals surface area (Å²) in [6.45, 7) is 0. The Hall–Kier alpha value is -4.40. The van der Waals surface area contributed by atoms with E-state index < -0.39 is 0 Å². The first-order valence-electron chi connectivity index (χ1n) is 12.2. The molecule has 0 radical (unpaired) electrons. The molecular formula is C34H20OS. The molecule has 0 aliphatic rings. The molecule has 0 aliphatic heterocycles. The van der Waals surface area contributed by atoms with Crippen LogP contribution in [0.3, 0.4) is 0 Å². The minimum Gasteiger partial charge on any atom is -0.464 e. The van der Waals surface area contributed by atoms with Crippen LogP contribution in [0.25, 0.3) is 74.9 Å². The summed E-state index contributed by atoms with van der Waals surface area (Å²) in [4.78, 5) is 0. The number of furan rings is 1. The first-order valence-corrected chi connectivity index (χ1v) is 13.0. The van der Waals surface area contributed by atoms with Gasteiger partial charge in [-0.2, -0.15) is 0 Å². The highest BCUT2D eigenvalue weighted by molar-refractivity contribution is 7.26. The summed E-state index contributed by atoms with van der Waals surface area (Å²) in [6, 6.07) is 41.6. The Morgan fingerprint density at radius 1 is 0.500 bits per heavy atom. The molecular weight excluding hydrogens is 456 g/mol. The third-order valence-corrected chi connectivity index (χ3v) is 8.55. The Bertz CT molecular complexity index is 2040. The van der Waals surface area contributed by atoms with Crippen molar-refractivity contribution in [2.24, 2.45) is 0 Å². The molecule has 2 heteroatoms. The van der Waals surface area contributed by atoms with Crippen LogP contribution < -0.4 is 0 Å². The molecule has 0 aliphatic carbocycles. The van der Waals surface area contributed by atoms with Crippen molar-refractivity contribution in [2.45, 2.75) is 0 Å². The van der Waals surface area contributed by atoms with Crippen LogP contribution in [-0.2, 0) is 0 Å². The van der Waals surface area contributed by atoms with Gasteiger partial charge in [0, 0.05) is 31.1 Å². The monoisotopic (exact) mass is 476 g/mol. The van der Waals surface area contributed by atoms with E-state index in [-0.39, 0.29) is 0 Å². The molecule has 6 aromatic carbocycles. The second-order valence-electron chi connectivity index (χ2n) is 9.27. The Balaban J connectivity index is 1.56. The van der Waals surface area contributed by atoms with E-state index in [1.54, 1.807) is 6.26 Å². The van der Waals surface area contributed by atoms with E-state index in [0.29, 0.717) is 0 Å². The van der Waals surface area contributed by atoms with Crippen LogP contribution >= 0.6 is 11.3 Å². The molecule has 0 bridgehead atoms. The maximum atomic E-state index is 5.96. The van der Waals surface area contributed by atoms with Gasteiger partial charge in [0.1, 0.15) is 5.58 Å². The average Bonchev–Trinajstić information content (AvgIpc) is 3.56. The van der Waals surface area contributed by atoms with E-state index in [0.717, 1.165) is 11.0 Å². The molecule has 0 atom stereocenters. The fourth-order valence-electron chi connectivity index (χ4n) is 5.84. The molecule has 36 heavy (non-hydrogen) atoms. The minimum absolute atomic E-state index is 0.977. The zero-order valence-corrected chi connectivity index (χ0v) is 20.2. The highest BCUT2D eigenvalue weighted by atomic mass is 32.1. The molecule has 8 aromatic rings. The quantitative estimate of drug-likeness (QED) is 0.226. The van der Waals surface area contributed by atoms with Crippen LogP contribution in [0.1, 0.15) is 0 Å². The lowest BCUT2D eigenvalue weighted by Gasteiger charge is -2.18. The smallest absolute Gasteiger partial charge is 0.143 e. The van der Waals surface area contributed by atoms with Gasteiger partial charge in [0.05, 0.1) is 6.26 Å². The van der Waals surface area contributed by atoms with Crippen LogP contribution in [0.2, 0.25) is 0 Å². The summed E-state index contributed by atoms with van der Waals surface area (Å²) in [5, 5.41) is 8.75. The van der Waals surface area contributed by atoms with Gasteiger partial charge < -0.3 is 4.42 Å². The fourth-order valence-corrected chi connectivity index (χ4v) is 7.06. The minimum atomic E-state index is 0.977. The molecule has 0 saturated carbocycles. The third kappa shape index (κ3) is 2.71. The van der Waals surface area contributed by atoms with Gasteiger partial charge in [-0.05, 0) is 56.4 Å². The predicted molar refractivity (Wildman–Crippen MR) is 155 cm³/mol. The number of thiophene rings is 1. The van der Waals surface area contributed by atoms with Gasteiger partial charge in [0.15, 0.2) is 0 Å². The standard InChI is InChI=1S/C34H20OS/c1-2-9-21(10-3-1)30-23-11-4-6-13-25(23)31(26-14-7-5-12-24(26)30)27-15-8-16-28-32-29(36-34(27)28)18-17-22-19-20-35-33(22)32/h1-20H. The summed E-state index contributed by atoms with van der Waals surface area (Å²) in [5.41, 5.74) is 6.10. The Kier molecular flexibility index (Phi) is 4.16.